The van der Waals surface area contributed by atoms with E-state index in [4.69, 9.17) is 0 Å². The summed E-state index contributed by atoms with van der Waals surface area (Å²) in [5, 5.41) is 12.7. The van der Waals surface area contributed by atoms with Crippen molar-refractivity contribution < 1.29 is 28.7 Å². The number of hydrazine groups is 1. The second kappa shape index (κ2) is 10.6. The highest BCUT2D eigenvalue weighted by Gasteiger charge is 2.44. The minimum Gasteiger partial charge on any atom is -0.475 e. The number of carbonyl (C=O) groups is 4. The highest BCUT2D eigenvalue weighted by molar-refractivity contribution is 8.03. The Morgan fingerprint density at radius 1 is 1.09 bits per heavy atom. The van der Waals surface area contributed by atoms with Crippen LogP contribution in [-0.2, 0) is 25.6 Å². The van der Waals surface area contributed by atoms with E-state index in [9.17, 15) is 28.7 Å². The number of aliphatic carboxylic acids is 1. The first kappa shape index (κ1) is 25.2. The van der Waals surface area contributed by atoms with Crippen LogP contribution in [0.5, 0.6) is 0 Å². The van der Waals surface area contributed by atoms with Crippen LogP contribution in [0, 0.1) is 11.7 Å². The number of hydrogen-bond acceptors (Lipinski definition) is 5. The van der Waals surface area contributed by atoms with Crippen LogP contribution >= 0.6 is 11.8 Å². The van der Waals surface area contributed by atoms with Gasteiger partial charge in [-0.2, -0.15) is 0 Å². The number of benzene rings is 2. The predicted octanol–water partition coefficient (Wildman–Crippen LogP) is 3.75. The van der Waals surface area contributed by atoms with E-state index >= 15 is 0 Å². The molecule has 0 saturated carbocycles. The number of hydrogen-bond donors (Lipinski definition) is 1. The molecule has 1 aliphatic heterocycles. The van der Waals surface area contributed by atoms with Crippen LogP contribution in [0.4, 0.5) is 4.39 Å². The number of carboxylic acids is 1. The molecule has 1 N–H and O–H groups in total. The normalized spacial score (nSPS) is 16.7. The average Bonchev–Trinajstić information content (AvgIpc) is 2.79. The minimum absolute atomic E-state index is 0.106. The molecule has 3 rings (SSSR count). The third-order valence-corrected chi connectivity index (χ3v) is 6.77. The van der Waals surface area contributed by atoms with Crippen molar-refractivity contribution in [3.63, 3.8) is 0 Å². The van der Waals surface area contributed by atoms with Crippen molar-refractivity contribution in [3.05, 3.63) is 76.9 Å². The number of rotatable bonds is 8. The molecule has 178 valence electrons. The van der Waals surface area contributed by atoms with E-state index in [1.807, 2.05) is 13.8 Å². The summed E-state index contributed by atoms with van der Waals surface area (Å²) in [7, 11) is 0. The standard InChI is InChI=1S/C25H25FN2O5S/c1-15(2)23-24(31)28(21(14-34-23)18-9-11-19(26)12-10-18)27(16(3)29)20(22(30)25(32)33)13-17-7-5-4-6-8-17/h4-12,14-15,20,23H,13H2,1-3H3,(H,32,33)/t20-,23?/m0/s1. The summed E-state index contributed by atoms with van der Waals surface area (Å²) in [4.78, 5) is 51.2. The smallest absolute Gasteiger partial charge is 0.374 e. The lowest BCUT2D eigenvalue weighted by atomic mass is 10.0. The largest absolute Gasteiger partial charge is 0.475 e. The molecular weight excluding hydrogens is 459 g/mol. The van der Waals surface area contributed by atoms with E-state index in [2.05, 4.69) is 0 Å². The van der Waals surface area contributed by atoms with Gasteiger partial charge in [0.25, 0.3) is 11.7 Å². The van der Waals surface area contributed by atoms with E-state index in [1.165, 1.54) is 43.0 Å². The van der Waals surface area contributed by atoms with Gasteiger partial charge in [0.15, 0.2) is 0 Å². The Balaban J connectivity index is 2.17. The zero-order chi connectivity index (χ0) is 25.0. The van der Waals surface area contributed by atoms with Gasteiger partial charge in [-0.15, -0.1) is 11.8 Å². The van der Waals surface area contributed by atoms with E-state index in [0.29, 0.717) is 11.1 Å². The van der Waals surface area contributed by atoms with Crippen LogP contribution in [0.2, 0.25) is 0 Å². The highest BCUT2D eigenvalue weighted by atomic mass is 32.2. The molecule has 0 fully saturated rings. The Bertz CT molecular complexity index is 1120. The number of Topliss-reactive ketones (excluding diaryl/α,β-unsaturated/α-hetero) is 1. The maximum absolute atomic E-state index is 13.7. The van der Waals surface area contributed by atoms with Crippen molar-refractivity contribution in [1.29, 1.82) is 0 Å². The number of carbonyl (C=O) groups excluding carboxylic acids is 3. The van der Waals surface area contributed by atoms with E-state index < -0.39 is 40.7 Å². The summed E-state index contributed by atoms with van der Waals surface area (Å²) >= 11 is 1.26. The molecular formula is C25H25FN2O5S. The molecule has 2 amide bonds. The molecule has 0 aromatic heterocycles. The topological polar surface area (TPSA) is 95.0 Å². The molecule has 2 atom stereocenters. The Labute approximate surface area is 201 Å². The van der Waals surface area contributed by atoms with Crippen molar-refractivity contribution in [2.75, 3.05) is 0 Å². The molecule has 2 aromatic carbocycles. The lowest BCUT2D eigenvalue weighted by Crippen LogP contribution is -2.60. The molecule has 1 heterocycles. The van der Waals surface area contributed by atoms with Crippen molar-refractivity contribution in [3.8, 4) is 0 Å². The molecule has 0 saturated heterocycles. The van der Waals surface area contributed by atoms with Crippen LogP contribution in [0.25, 0.3) is 5.70 Å². The van der Waals surface area contributed by atoms with Gasteiger partial charge in [0.2, 0.25) is 5.91 Å². The summed E-state index contributed by atoms with van der Waals surface area (Å²) in [6, 6.07) is 12.6. The third-order valence-electron chi connectivity index (χ3n) is 5.37. The zero-order valence-electron chi connectivity index (χ0n) is 19.0. The molecule has 2 aromatic rings. The first-order valence-electron chi connectivity index (χ1n) is 10.7. The van der Waals surface area contributed by atoms with Gasteiger partial charge in [0.05, 0.1) is 10.9 Å². The van der Waals surface area contributed by atoms with Gasteiger partial charge < -0.3 is 5.11 Å². The number of halogens is 1. The van der Waals surface area contributed by atoms with Crippen LogP contribution < -0.4 is 0 Å². The van der Waals surface area contributed by atoms with Crippen molar-refractivity contribution in [2.45, 2.75) is 38.5 Å². The number of nitrogens with zero attached hydrogens (tertiary/aromatic N) is 2. The molecule has 34 heavy (non-hydrogen) atoms. The average molecular weight is 485 g/mol. The lowest BCUT2D eigenvalue weighted by molar-refractivity contribution is -0.166. The molecule has 9 heteroatoms. The molecule has 1 aliphatic rings. The molecule has 1 unspecified atom stereocenters. The fourth-order valence-electron chi connectivity index (χ4n) is 3.73. The van der Waals surface area contributed by atoms with Crippen LogP contribution in [0.15, 0.2) is 60.0 Å². The van der Waals surface area contributed by atoms with Gasteiger partial charge in [-0.1, -0.05) is 44.2 Å². The highest BCUT2D eigenvalue weighted by Crippen LogP contribution is 2.37. The summed E-state index contributed by atoms with van der Waals surface area (Å²) in [6.45, 7) is 4.88. The fourth-order valence-corrected chi connectivity index (χ4v) is 4.77. The van der Waals surface area contributed by atoms with Crippen LogP contribution in [0.3, 0.4) is 0 Å². The van der Waals surface area contributed by atoms with Gasteiger partial charge >= 0.3 is 5.97 Å². The number of ketones is 1. The van der Waals surface area contributed by atoms with Gasteiger partial charge in [0, 0.05) is 18.9 Å². The van der Waals surface area contributed by atoms with Crippen LogP contribution in [-0.4, -0.2) is 50.0 Å². The lowest BCUT2D eigenvalue weighted by Gasteiger charge is -2.43. The van der Waals surface area contributed by atoms with Crippen molar-refractivity contribution >= 4 is 41.0 Å². The second-order valence-electron chi connectivity index (χ2n) is 8.20. The summed E-state index contributed by atoms with van der Waals surface area (Å²) < 4.78 is 13.6. The van der Waals surface area contributed by atoms with Crippen molar-refractivity contribution in [1.82, 2.24) is 10.0 Å². The van der Waals surface area contributed by atoms with Crippen LogP contribution in [0.1, 0.15) is 31.9 Å². The van der Waals surface area contributed by atoms with Gasteiger partial charge in [0.1, 0.15) is 11.9 Å². The zero-order valence-corrected chi connectivity index (χ0v) is 19.8. The van der Waals surface area contributed by atoms with Gasteiger partial charge in [-0.3, -0.25) is 14.4 Å². The minimum atomic E-state index is -1.71. The Kier molecular flexibility index (Phi) is 7.88. The van der Waals surface area contributed by atoms with E-state index in [0.717, 1.165) is 10.0 Å². The van der Waals surface area contributed by atoms with E-state index in [1.54, 1.807) is 35.7 Å². The van der Waals surface area contributed by atoms with E-state index in [-0.39, 0.29) is 18.0 Å². The van der Waals surface area contributed by atoms with Gasteiger partial charge in [-0.25, -0.2) is 19.2 Å². The Morgan fingerprint density at radius 3 is 2.24 bits per heavy atom. The number of carboxylic acid groups (broad SMARTS) is 1. The maximum atomic E-state index is 13.7. The van der Waals surface area contributed by atoms with Crippen molar-refractivity contribution in [2.24, 2.45) is 5.92 Å². The Hall–Kier alpha value is -3.46. The summed E-state index contributed by atoms with van der Waals surface area (Å²) in [5.74, 6) is -4.65. The number of thioether (sulfide) groups is 1. The molecule has 0 bridgehead atoms. The maximum Gasteiger partial charge on any atom is 0.374 e. The SMILES string of the molecule is CC(=O)N([C@@H](Cc1ccccc1)C(=O)C(=O)O)N1C(=O)C(C(C)C)SC=C1c1ccc(F)cc1. The molecule has 7 nitrogen and oxygen atoms in total. The number of amides is 2. The summed E-state index contributed by atoms with van der Waals surface area (Å²) in [5.41, 5.74) is 1.33. The second-order valence-corrected chi connectivity index (χ2v) is 9.21. The molecule has 0 radical (unpaired) electrons. The van der Waals surface area contributed by atoms with Gasteiger partial charge in [-0.05, 0) is 41.2 Å². The third kappa shape index (κ3) is 5.36. The first-order valence-corrected chi connectivity index (χ1v) is 11.6. The fraction of sp³-hybridized carbons (Fsp3) is 0.280. The Morgan fingerprint density at radius 2 is 1.71 bits per heavy atom. The summed E-state index contributed by atoms with van der Waals surface area (Å²) in [6.07, 6.45) is -0.106. The quantitative estimate of drug-likeness (QED) is 0.574. The molecule has 0 aliphatic carbocycles. The monoisotopic (exact) mass is 484 g/mol. The first-order chi connectivity index (χ1) is 16.1. The predicted molar refractivity (Wildman–Crippen MR) is 127 cm³/mol. The molecule has 0 spiro atoms.